The Morgan fingerprint density at radius 1 is 0.946 bits per heavy atom. The molecule has 0 unspecified atom stereocenters. The highest BCUT2D eigenvalue weighted by Gasteiger charge is 2.13. The Bertz CT molecular complexity index is 1560. The molecule has 2 aromatic heterocycles. The monoisotopic (exact) mass is 509 g/mol. The lowest BCUT2D eigenvalue weighted by Gasteiger charge is -2.08. The quantitative estimate of drug-likeness (QED) is 0.147. The molecule has 1 amide bonds. The fraction of sp³-hybridized carbons (Fsp3) is 0.0714. The molecular formula is C28H24ClN7O. The normalized spacial score (nSPS) is 11.2. The summed E-state index contributed by atoms with van der Waals surface area (Å²) in [6.45, 7) is 1.15. The molecule has 0 aliphatic rings. The van der Waals surface area contributed by atoms with Gasteiger partial charge in [0.15, 0.2) is 17.0 Å². The van der Waals surface area contributed by atoms with E-state index < -0.39 is 0 Å². The number of rotatable bonds is 8. The average Bonchev–Trinajstić information content (AvgIpc) is 3.31. The van der Waals surface area contributed by atoms with E-state index in [0.29, 0.717) is 41.4 Å². The predicted molar refractivity (Wildman–Crippen MR) is 148 cm³/mol. The number of hydrogen-bond acceptors (Lipinski definition) is 6. The van der Waals surface area contributed by atoms with Gasteiger partial charge in [-0.2, -0.15) is 9.97 Å². The molecule has 0 aliphatic heterocycles. The minimum atomic E-state index is -0.250. The van der Waals surface area contributed by atoms with Crippen molar-refractivity contribution in [1.29, 1.82) is 0 Å². The van der Waals surface area contributed by atoms with E-state index >= 15 is 0 Å². The van der Waals surface area contributed by atoms with Crippen molar-refractivity contribution in [3.8, 4) is 0 Å². The van der Waals surface area contributed by atoms with E-state index in [4.69, 9.17) is 17.3 Å². The fourth-order valence-corrected chi connectivity index (χ4v) is 3.99. The number of carbonyl (C=O) groups excluding carboxylic acids is 1. The van der Waals surface area contributed by atoms with Crippen molar-refractivity contribution in [3.05, 3.63) is 113 Å². The maximum Gasteiger partial charge on any atom is 0.248 e. The van der Waals surface area contributed by atoms with Crippen molar-refractivity contribution >= 4 is 51.9 Å². The zero-order valence-electron chi connectivity index (χ0n) is 19.8. The maximum atomic E-state index is 12.2. The van der Waals surface area contributed by atoms with Gasteiger partial charge in [-0.15, -0.1) is 0 Å². The first kappa shape index (κ1) is 24.0. The van der Waals surface area contributed by atoms with Crippen molar-refractivity contribution < 1.29 is 4.79 Å². The molecule has 5 rings (SSSR count). The Labute approximate surface area is 218 Å². The van der Waals surface area contributed by atoms with Crippen molar-refractivity contribution in [2.24, 2.45) is 0 Å². The Hall–Kier alpha value is -4.69. The van der Waals surface area contributed by atoms with Crippen LogP contribution < -0.4 is 16.4 Å². The zero-order valence-corrected chi connectivity index (χ0v) is 20.6. The number of nitrogen functional groups attached to an aromatic ring is 1. The smallest absolute Gasteiger partial charge is 0.248 e. The van der Waals surface area contributed by atoms with Gasteiger partial charge in [0.2, 0.25) is 11.2 Å². The molecule has 0 fully saturated rings. The van der Waals surface area contributed by atoms with Gasteiger partial charge in [-0.25, -0.2) is 4.98 Å². The van der Waals surface area contributed by atoms with Crippen LogP contribution in [0, 0.1) is 0 Å². The van der Waals surface area contributed by atoms with Gasteiger partial charge in [-0.05, 0) is 46.5 Å². The zero-order chi connectivity index (χ0) is 25.6. The summed E-state index contributed by atoms with van der Waals surface area (Å²) in [6.07, 6.45) is 4.97. The first-order chi connectivity index (χ1) is 18.0. The van der Waals surface area contributed by atoms with Crippen LogP contribution in [0.5, 0.6) is 0 Å². The van der Waals surface area contributed by atoms with Crippen LogP contribution in [0.4, 0.5) is 17.2 Å². The van der Waals surface area contributed by atoms with Crippen LogP contribution in [0.15, 0.2) is 91.3 Å². The van der Waals surface area contributed by atoms with Crippen LogP contribution in [0.25, 0.3) is 17.2 Å². The molecule has 3 aromatic carbocycles. The van der Waals surface area contributed by atoms with E-state index in [1.54, 1.807) is 24.5 Å². The molecule has 0 saturated heterocycles. The number of aromatic nitrogens is 4. The summed E-state index contributed by atoms with van der Waals surface area (Å²) >= 11 is 6.23. The Morgan fingerprint density at radius 3 is 2.49 bits per heavy atom. The van der Waals surface area contributed by atoms with E-state index in [1.807, 2.05) is 71.3 Å². The number of imidazole rings is 1. The Balaban J connectivity index is 1.26. The molecule has 0 bridgehead atoms. The van der Waals surface area contributed by atoms with Gasteiger partial charge in [0.1, 0.15) is 0 Å². The molecule has 0 spiro atoms. The maximum absolute atomic E-state index is 12.2. The number of carbonyl (C=O) groups is 1. The number of anilines is 3. The molecular weight excluding hydrogens is 486 g/mol. The topological polar surface area (TPSA) is 111 Å². The van der Waals surface area contributed by atoms with Crippen LogP contribution in [-0.4, -0.2) is 25.4 Å². The van der Waals surface area contributed by atoms with E-state index in [0.717, 1.165) is 16.7 Å². The summed E-state index contributed by atoms with van der Waals surface area (Å²) in [5, 5.41) is 6.24. The average molecular weight is 510 g/mol. The first-order valence-electron chi connectivity index (χ1n) is 11.6. The second kappa shape index (κ2) is 10.9. The minimum absolute atomic E-state index is 0.154. The van der Waals surface area contributed by atoms with Crippen LogP contribution >= 0.6 is 11.6 Å². The van der Waals surface area contributed by atoms with Gasteiger partial charge in [0.25, 0.3) is 0 Å². The standard InChI is InChI=1S/C28H24ClN7O/c29-28-34-26(31-16-20-6-2-1-3-7-20)25-27(35-28)36(18-32-25)17-21-12-10-19(11-13-21)14-15-24(37)33-23-9-5-4-8-22(23)30/h1-15,18H,16-17,30H2,(H,33,37)(H,31,34,35)/b15-14+. The molecule has 0 radical (unpaired) electrons. The highest BCUT2D eigenvalue weighted by molar-refractivity contribution is 6.28. The number of nitrogens with one attached hydrogen (secondary N) is 2. The number of para-hydroxylation sites is 2. The first-order valence-corrected chi connectivity index (χ1v) is 12.0. The summed E-state index contributed by atoms with van der Waals surface area (Å²) in [6, 6.07) is 25.1. The summed E-state index contributed by atoms with van der Waals surface area (Å²) in [7, 11) is 0. The minimum Gasteiger partial charge on any atom is -0.397 e. The van der Waals surface area contributed by atoms with E-state index in [2.05, 4.69) is 25.6 Å². The second-order valence-corrected chi connectivity index (χ2v) is 8.71. The van der Waals surface area contributed by atoms with E-state index in [-0.39, 0.29) is 11.2 Å². The third-order valence-corrected chi connectivity index (χ3v) is 5.89. The van der Waals surface area contributed by atoms with Gasteiger partial charge in [-0.3, -0.25) is 4.79 Å². The summed E-state index contributed by atoms with van der Waals surface area (Å²) in [5.41, 5.74) is 11.4. The molecule has 0 atom stereocenters. The summed E-state index contributed by atoms with van der Waals surface area (Å²) < 4.78 is 1.93. The molecule has 5 aromatic rings. The number of hydrogen-bond donors (Lipinski definition) is 3. The highest BCUT2D eigenvalue weighted by Crippen LogP contribution is 2.23. The highest BCUT2D eigenvalue weighted by atomic mass is 35.5. The van der Waals surface area contributed by atoms with E-state index in [1.165, 1.54) is 6.08 Å². The lowest BCUT2D eigenvalue weighted by atomic mass is 10.1. The van der Waals surface area contributed by atoms with Crippen molar-refractivity contribution in [2.75, 3.05) is 16.4 Å². The van der Waals surface area contributed by atoms with Crippen LogP contribution in [-0.2, 0) is 17.9 Å². The van der Waals surface area contributed by atoms with Crippen LogP contribution in [0.2, 0.25) is 5.28 Å². The molecule has 0 aliphatic carbocycles. The van der Waals surface area contributed by atoms with Gasteiger partial charge in [0, 0.05) is 12.6 Å². The molecule has 2 heterocycles. The number of nitrogens with zero attached hydrogens (tertiary/aromatic N) is 4. The number of amides is 1. The van der Waals surface area contributed by atoms with Gasteiger partial charge >= 0.3 is 0 Å². The molecule has 4 N–H and O–H groups in total. The van der Waals surface area contributed by atoms with Crippen LogP contribution in [0.1, 0.15) is 16.7 Å². The van der Waals surface area contributed by atoms with Crippen molar-refractivity contribution in [2.45, 2.75) is 13.1 Å². The van der Waals surface area contributed by atoms with Crippen LogP contribution in [0.3, 0.4) is 0 Å². The third kappa shape index (κ3) is 5.94. The largest absolute Gasteiger partial charge is 0.397 e. The number of halogens is 1. The van der Waals surface area contributed by atoms with E-state index in [9.17, 15) is 4.79 Å². The number of nitrogens with two attached hydrogens (primary N) is 1. The molecule has 0 saturated carbocycles. The van der Waals surface area contributed by atoms with Gasteiger partial charge < -0.3 is 20.9 Å². The fourth-order valence-electron chi connectivity index (χ4n) is 3.83. The number of benzene rings is 3. The molecule has 8 nitrogen and oxygen atoms in total. The number of fused-ring (bicyclic) bond motifs is 1. The third-order valence-electron chi connectivity index (χ3n) is 5.72. The molecule has 184 valence electrons. The Morgan fingerprint density at radius 2 is 1.70 bits per heavy atom. The Kier molecular flexibility index (Phi) is 7.09. The summed E-state index contributed by atoms with van der Waals surface area (Å²) in [5.74, 6) is 0.341. The summed E-state index contributed by atoms with van der Waals surface area (Å²) in [4.78, 5) is 25.5. The van der Waals surface area contributed by atoms with Crippen molar-refractivity contribution in [3.63, 3.8) is 0 Å². The van der Waals surface area contributed by atoms with Crippen molar-refractivity contribution in [1.82, 2.24) is 19.5 Å². The van der Waals surface area contributed by atoms with Gasteiger partial charge in [0.05, 0.1) is 24.2 Å². The lowest BCUT2D eigenvalue weighted by Crippen LogP contribution is -2.09. The predicted octanol–water partition coefficient (Wildman–Crippen LogP) is 5.37. The molecule has 9 heteroatoms. The lowest BCUT2D eigenvalue weighted by molar-refractivity contribution is -0.111. The molecule has 37 heavy (non-hydrogen) atoms. The van der Waals surface area contributed by atoms with Gasteiger partial charge in [-0.1, -0.05) is 66.7 Å². The second-order valence-electron chi connectivity index (χ2n) is 8.38. The SMILES string of the molecule is Nc1ccccc1NC(=O)/C=C/c1ccc(Cn2cnc3c(NCc4ccccc4)nc(Cl)nc32)cc1.